The molecule has 13 heteroatoms. The highest BCUT2D eigenvalue weighted by molar-refractivity contribution is 7.86. The van der Waals surface area contributed by atoms with E-state index in [4.69, 9.17) is 5.73 Å². The smallest absolute Gasteiger partial charge is 0.390 e. The van der Waals surface area contributed by atoms with Gasteiger partial charge in [-0.15, -0.1) is 4.28 Å². The van der Waals surface area contributed by atoms with Crippen LogP contribution < -0.4 is 11.2 Å². The van der Waals surface area contributed by atoms with Gasteiger partial charge in [-0.2, -0.15) is 21.6 Å². The molecule has 1 aromatic carbocycles. The molecule has 0 radical (unpaired) electrons. The van der Waals surface area contributed by atoms with Crippen molar-refractivity contribution in [3.8, 4) is 0 Å². The zero-order chi connectivity index (χ0) is 21.7. The van der Waals surface area contributed by atoms with Gasteiger partial charge in [0.15, 0.2) is 0 Å². The van der Waals surface area contributed by atoms with Crippen LogP contribution in [-0.4, -0.2) is 42.7 Å². The van der Waals surface area contributed by atoms with Crippen molar-refractivity contribution < 1.29 is 45.7 Å². The topological polar surface area (TPSA) is 156 Å². The zero-order valence-electron chi connectivity index (χ0n) is 14.5. The summed E-state index contributed by atoms with van der Waals surface area (Å²) >= 11 is 0. The van der Waals surface area contributed by atoms with Gasteiger partial charge in [-0.3, -0.25) is 9.59 Å². The minimum atomic E-state index is -5.05. The number of halogens is 3. The largest absolute Gasteiger partial charge is 0.417 e. The Morgan fingerprint density at radius 3 is 2.21 bits per heavy atom. The van der Waals surface area contributed by atoms with E-state index in [9.17, 15) is 41.4 Å². The summed E-state index contributed by atoms with van der Waals surface area (Å²) < 4.78 is 67.8. The van der Waals surface area contributed by atoms with Crippen LogP contribution in [0.3, 0.4) is 0 Å². The first-order valence-corrected chi connectivity index (χ1v) is 9.82. The third-order valence-electron chi connectivity index (χ3n) is 5.43. The molecule has 29 heavy (non-hydrogen) atoms. The number of hydroxylamine groups is 1. The molecule has 2 aliphatic rings. The maximum absolute atomic E-state index is 13.0. The molecule has 0 aliphatic heterocycles. The number of hydrogen-bond acceptors (Lipinski definition) is 7. The van der Waals surface area contributed by atoms with E-state index in [0.29, 0.717) is 12.1 Å². The Balaban J connectivity index is 1.80. The number of rotatable bonds is 5. The van der Waals surface area contributed by atoms with Gasteiger partial charge in [-0.25, -0.2) is 5.48 Å². The van der Waals surface area contributed by atoms with Gasteiger partial charge in [-0.1, -0.05) is 12.1 Å². The van der Waals surface area contributed by atoms with Crippen LogP contribution in [0.1, 0.15) is 12.0 Å². The Morgan fingerprint density at radius 1 is 1.10 bits per heavy atom. The number of alkyl halides is 3. The highest BCUT2D eigenvalue weighted by Crippen LogP contribution is 2.52. The highest BCUT2D eigenvalue weighted by atomic mass is 32.2. The number of aliphatic hydroxyl groups excluding tert-OH is 2. The summed E-state index contributed by atoms with van der Waals surface area (Å²) in [4.78, 5) is 22.9. The van der Waals surface area contributed by atoms with E-state index < -0.39 is 74.4 Å². The molecule has 6 atom stereocenters. The average molecular weight is 438 g/mol. The van der Waals surface area contributed by atoms with Crippen molar-refractivity contribution in [2.75, 3.05) is 0 Å². The molecule has 6 unspecified atom stereocenters. The summed E-state index contributed by atoms with van der Waals surface area (Å²) in [6.45, 7) is 0. The minimum Gasteiger partial charge on any atom is -0.390 e. The molecule has 9 nitrogen and oxygen atoms in total. The molecule has 5 N–H and O–H groups in total. The lowest BCUT2D eigenvalue weighted by molar-refractivity contribution is -0.147. The first kappa shape index (κ1) is 21.5. The monoisotopic (exact) mass is 438 g/mol. The maximum Gasteiger partial charge on any atom is 0.417 e. The number of benzene rings is 1. The second kappa shape index (κ2) is 7.23. The Bertz CT molecular complexity index is 937. The second-order valence-electron chi connectivity index (χ2n) is 7.00. The van der Waals surface area contributed by atoms with Crippen LogP contribution in [0, 0.1) is 23.7 Å². The van der Waals surface area contributed by atoms with Gasteiger partial charge in [0, 0.05) is 11.8 Å². The van der Waals surface area contributed by atoms with Gasteiger partial charge in [-0.05, 0) is 18.6 Å². The SMILES string of the molecule is NC(=O)C1C2CC(C(O)C2O)C1C(=O)NOS(=O)(=O)c1ccccc1C(F)(F)F. The highest BCUT2D eigenvalue weighted by Gasteiger charge is 2.61. The van der Waals surface area contributed by atoms with Crippen LogP contribution in [0.15, 0.2) is 29.2 Å². The van der Waals surface area contributed by atoms with Crippen LogP contribution in [-0.2, 0) is 30.2 Å². The average Bonchev–Trinajstić information content (AvgIpc) is 3.16. The molecule has 3 rings (SSSR count). The fourth-order valence-electron chi connectivity index (χ4n) is 4.22. The molecular weight excluding hydrogens is 421 g/mol. The number of aliphatic hydroxyl groups is 2. The van der Waals surface area contributed by atoms with Crippen LogP contribution in [0.4, 0.5) is 13.2 Å². The van der Waals surface area contributed by atoms with Crippen molar-refractivity contribution in [3.63, 3.8) is 0 Å². The molecular formula is C16H17F3N2O7S. The molecule has 2 amide bonds. The first-order valence-electron chi connectivity index (χ1n) is 8.41. The van der Waals surface area contributed by atoms with Crippen LogP contribution in [0.25, 0.3) is 0 Å². The summed E-state index contributed by atoms with van der Waals surface area (Å²) in [6, 6.07) is 3.23. The number of primary amides is 1. The molecule has 2 fully saturated rings. The summed E-state index contributed by atoms with van der Waals surface area (Å²) in [6.07, 6.45) is -7.50. The van der Waals surface area contributed by atoms with Crippen LogP contribution >= 0.6 is 0 Å². The van der Waals surface area contributed by atoms with E-state index in [2.05, 4.69) is 4.28 Å². The molecule has 160 valence electrons. The summed E-state index contributed by atoms with van der Waals surface area (Å²) in [7, 11) is -5.05. The first-order chi connectivity index (χ1) is 13.4. The molecule has 0 heterocycles. The Morgan fingerprint density at radius 2 is 1.66 bits per heavy atom. The van der Waals surface area contributed by atoms with Crippen molar-refractivity contribution in [3.05, 3.63) is 29.8 Å². The van der Waals surface area contributed by atoms with Crippen LogP contribution in [0.2, 0.25) is 0 Å². The van der Waals surface area contributed by atoms with E-state index in [1.54, 1.807) is 5.48 Å². The third-order valence-corrected chi connectivity index (χ3v) is 6.62. The molecule has 0 saturated heterocycles. The second-order valence-corrected chi connectivity index (χ2v) is 8.51. The Hall–Kier alpha value is -2.22. The molecule has 0 spiro atoms. The lowest BCUT2D eigenvalue weighted by Crippen LogP contribution is -2.51. The standard InChI is InChI=1S/C16H17F3N2O7S/c17-16(18,19)8-3-1-2-4-9(8)29(26,27)28-21-15(25)11-7-5-6(10(11)14(20)24)12(22)13(7)23/h1-4,6-7,10-13,22-23H,5H2,(H2,20,24)(H,21,25). The summed E-state index contributed by atoms with van der Waals surface area (Å²) in [5.74, 6) is -6.27. The number of hydrogen-bond donors (Lipinski definition) is 4. The number of nitrogens with one attached hydrogen (secondary N) is 1. The number of nitrogens with two attached hydrogens (primary N) is 1. The maximum atomic E-state index is 13.0. The van der Waals surface area contributed by atoms with Crippen molar-refractivity contribution >= 4 is 21.9 Å². The van der Waals surface area contributed by atoms with Gasteiger partial charge in [0.2, 0.25) is 11.8 Å². The van der Waals surface area contributed by atoms with E-state index in [1.807, 2.05) is 0 Å². The quantitative estimate of drug-likeness (QED) is 0.453. The molecule has 2 saturated carbocycles. The van der Waals surface area contributed by atoms with Gasteiger partial charge in [0.05, 0.1) is 29.6 Å². The summed E-state index contributed by atoms with van der Waals surface area (Å²) in [5, 5.41) is 19.9. The van der Waals surface area contributed by atoms with Crippen molar-refractivity contribution in [1.29, 1.82) is 0 Å². The van der Waals surface area contributed by atoms with Crippen molar-refractivity contribution in [1.82, 2.24) is 5.48 Å². The molecule has 1 aromatic rings. The predicted octanol–water partition coefficient (Wildman–Crippen LogP) is -0.469. The van der Waals surface area contributed by atoms with E-state index in [0.717, 1.165) is 12.1 Å². The minimum absolute atomic E-state index is 0.0949. The Labute approximate surface area is 162 Å². The van der Waals surface area contributed by atoms with E-state index in [-0.39, 0.29) is 6.42 Å². The molecule has 2 bridgehead atoms. The number of amides is 2. The van der Waals surface area contributed by atoms with Gasteiger partial charge < -0.3 is 15.9 Å². The molecule has 2 aliphatic carbocycles. The van der Waals surface area contributed by atoms with Gasteiger partial charge in [0.1, 0.15) is 4.90 Å². The normalized spacial score (nSPS) is 31.6. The van der Waals surface area contributed by atoms with Crippen molar-refractivity contribution in [2.45, 2.75) is 29.7 Å². The lowest BCUT2D eigenvalue weighted by atomic mass is 9.75. The van der Waals surface area contributed by atoms with Crippen molar-refractivity contribution in [2.24, 2.45) is 29.4 Å². The van der Waals surface area contributed by atoms with E-state index >= 15 is 0 Å². The van der Waals surface area contributed by atoms with E-state index in [1.165, 1.54) is 0 Å². The lowest BCUT2D eigenvalue weighted by Gasteiger charge is -2.33. The molecule has 0 aromatic heterocycles. The number of carbonyl (C=O) groups is 2. The summed E-state index contributed by atoms with van der Waals surface area (Å²) in [5.41, 5.74) is 5.33. The zero-order valence-corrected chi connectivity index (χ0v) is 15.4. The number of fused-ring (bicyclic) bond motifs is 2. The van der Waals surface area contributed by atoms with Gasteiger partial charge >= 0.3 is 16.3 Å². The number of carbonyl (C=O) groups excluding carboxylic acids is 2. The third kappa shape index (κ3) is 3.70. The van der Waals surface area contributed by atoms with Gasteiger partial charge in [0.25, 0.3) is 0 Å². The fourth-order valence-corrected chi connectivity index (χ4v) is 5.20. The Kier molecular flexibility index (Phi) is 5.36. The van der Waals surface area contributed by atoms with Crippen LogP contribution in [0.5, 0.6) is 0 Å². The fraction of sp³-hybridized carbons (Fsp3) is 0.500. The predicted molar refractivity (Wildman–Crippen MR) is 87.6 cm³/mol.